The van der Waals surface area contributed by atoms with Crippen LogP contribution in [0.4, 0.5) is 16.2 Å². The van der Waals surface area contributed by atoms with Crippen LogP contribution in [0.5, 0.6) is 11.5 Å². The van der Waals surface area contributed by atoms with Gasteiger partial charge >= 0.3 is 6.03 Å². The fraction of sp³-hybridized carbons (Fsp3) is 0.0690. The Morgan fingerprint density at radius 1 is 0.806 bits per heavy atom. The molecule has 0 fully saturated rings. The second kappa shape index (κ2) is 10.1. The number of urea groups is 1. The van der Waals surface area contributed by atoms with Crippen LogP contribution >= 0.6 is 0 Å². The summed E-state index contributed by atoms with van der Waals surface area (Å²) in [5, 5.41) is 5.48. The third-order valence-electron chi connectivity index (χ3n) is 5.75. The number of benzodiazepines with no additional fused rings is 1. The van der Waals surface area contributed by atoms with E-state index in [-0.39, 0.29) is 5.91 Å². The number of carbonyl (C=O) groups is 2. The molecule has 0 aliphatic carbocycles. The van der Waals surface area contributed by atoms with Gasteiger partial charge in [0.2, 0.25) is 6.17 Å². The molecule has 5 rings (SSSR count). The van der Waals surface area contributed by atoms with E-state index in [2.05, 4.69) is 10.6 Å². The maximum Gasteiger partial charge on any atom is 0.321 e. The quantitative estimate of drug-likeness (QED) is 0.402. The van der Waals surface area contributed by atoms with Crippen LogP contribution in [0, 0.1) is 0 Å². The van der Waals surface area contributed by atoms with Crippen LogP contribution in [0.2, 0.25) is 0 Å². The van der Waals surface area contributed by atoms with E-state index in [1.807, 2.05) is 84.9 Å². The van der Waals surface area contributed by atoms with Crippen molar-refractivity contribution in [2.24, 2.45) is 4.99 Å². The van der Waals surface area contributed by atoms with Crippen LogP contribution < -0.4 is 20.3 Å². The van der Waals surface area contributed by atoms with Crippen molar-refractivity contribution in [2.45, 2.75) is 6.17 Å². The second-order valence-corrected chi connectivity index (χ2v) is 8.20. The number of nitrogens with one attached hydrogen (secondary N) is 2. The average Bonchev–Trinajstić information content (AvgIpc) is 3.01. The number of carbonyl (C=O) groups excluding carboxylic acids is 2. The second-order valence-electron chi connectivity index (χ2n) is 8.20. The molecule has 7 heteroatoms. The molecule has 36 heavy (non-hydrogen) atoms. The van der Waals surface area contributed by atoms with Crippen LogP contribution in [0.15, 0.2) is 114 Å². The summed E-state index contributed by atoms with van der Waals surface area (Å²) in [6, 6.07) is 33.1. The van der Waals surface area contributed by atoms with Gasteiger partial charge in [0.1, 0.15) is 11.5 Å². The lowest BCUT2D eigenvalue weighted by atomic mass is 10.0. The zero-order valence-electron chi connectivity index (χ0n) is 19.6. The third kappa shape index (κ3) is 4.95. The number of aliphatic imine (C=N–C) groups is 1. The summed E-state index contributed by atoms with van der Waals surface area (Å²) >= 11 is 0. The average molecular weight is 477 g/mol. The predicted octanol–water partition coefficient (Wildman–Crippen LogP) is 5.44. The van der Waals surface area contributed by atoms with Gasteiger partial charge in [0.25, 0.3) is 5.91 Å². The first-order chi connectivity index (χ1) is 17.6. The van der Waals surface area contributed by atoms with Gasteiger partial charge in [-0.2, -0.15) is 0 Å². The number of para-hydroxylation sites is 2. The number of rotatable bonds is 5. The summed E-state index contributed by atoms with van der Waals surface area (Å²) in [7, 11) is 1.68. The first-order valence-corrected chi connectivity index (χ1v) is 11.5. The van der Waals surface area contributed by atoms with Crippen molar-refractivity contribution >= 4 is 29.0 Å². The number of benzene rings is 4. The fourth-order valence-corrected chi connectivity index (χ4v) is 3.96. The molecule has 1 aliphatic rings. The molecule has 4 aromatic carbocycles. The van der Waals surface area contributed by atoms with Gasteiger partial charge in [0.05, 0.1) is 11.4 Å². The number of likely N-dealkylation sites (N-methyl/N-ethyl adjacent to an activating group) is 1. The summed E-state index contributed by atoms with van der Waals surface area (Å²) in [6.07, 6.45) is -1.10. The molecule has 178 valence electrons. The molecule has 0 bridgehead atoms. The maximum absolute atomic E-state index is 13.3. The fourth-order valence-electron chi connectivity index (χ4n) is 3.96. The molecule has 7 nitrogen and oxygen atoms in total. The van der Waals surface area contributed by atoms with Crippen molar-refractivity contribution in [1.29, 1.82) is 0 Å². The molecule has 1 aliphatic heterocycles. The highest BCUT2D eigenvalue weighted by Crippen LogP contribution is 2.27. The van der Waals surface area contributed by atoms with Crippen molar-refractivity contribution < 1.29 is 14.3 Å². The number of amides is 3. The van der Waals surface area contributed by atoms with E-state index in [4.69, 9.17) is 9.73 Å². The zero-order chi connectivity index (χ0) is 24.9. The molecule has 0 radical (unpaired) electrons. The smallest absolute Gasteiger partial charge is 0.321 e. The van der Waals surface area contributed by atoms with Gasteiger partial charge in [0, 0.05) is 23.9 Å². The molecule has 2 N–H and O–H groups in total. The number of hydrogen-bond acceptors (Lipinski definition) is 4. The highest BCUT2D eigenvalue weighted by molar-refractivity contribution is 6.20. The van der Waals surface area contributed by atoms with Crippen molar-refractivity contribution in [2.75, 3.05) is 17.3 Å². The number of hydrogen-bond donors (Lipinski definition) is 2. The third-order valence-corrected chi connectivity index (χ3v) is 5.75. The summed E-state index contributed by atoms with van der Waals surface area (Å²) < 4.78 is 5.79. The van der Waals surface area contributed by atoms with Gasteiger partial charge in [-0.3, -0.25) is 4.79 Å². The summed E-state index contributed by atoms with van der Waals surface area (Å²) in [6.45, 7) is 0. The Hall–Kier alpha value is -4.91. The van der Waals surface area contributed by atoms with Crippen molar-refractivity contribution in [3.8, 4) is 11.5 Å². The molecule has 0 saturated carbocycles. The molecule has 0 spiro atoms. The van der Waals surface area contributed by atoms with E-state index >= 15 is 0 Å². The minimum absolute atomic E-state index is 0.338. The van der Waals surface area contributed by atoms with E-state index in [1.54, 1.807) is 31.3 Å². The molecule has 1 atom stereocenters. The zero-order valence-corrected chi connectivity index (χ0v) is 19.6. The van der Waals surface area contributed by atoms with Gasteiger partial charge in [0.15, 0.2) is 0 Å². The molecule has 0 aromatic heterocycles. The minimum Gasteiger partial charge on any atom is -0.457 e. The molecule has 3 amide bonds. The number of ether oxygens (including phenoxy) is 1. The van der Waals surface area contributed by atoms with Crippen molar-refractivity contribution in [3.05, 3.63) is 120 Å². The van der Waals surface area contributed by atoms with E-state index < -0.39 is 12.2 Å². The number of anilines is 2. The summed E-state index contributed by atoms with van der Waals surface area (Å²) in [5.41, 5.74) is 3.59. The Labute approximate surface area is 209 Å². The molecular weight excluding hydrogens is 452 g/mol. The largest absolute Gasteiger partial charge is 0.457 e. The van der Waals surface area contributed by atoms with Gasteiger partial charge in [-0.1, -0.05) is 66.7 Å². The number of fused-ring (bicyclic) bond motifs is 1. The Morgan fingerprint density at radius 2 is 1.42 bits per heavy atom. The Morgan fingerprint density at radius 3 is 2.14 bits per heavy atom. The molecular formula is C29H24N4O3. The van der Waals surface area contributed by atoms with Crippen LogP contribution in [-0.2, 0) is 4.79 Å². The van der Waals surface area contributed by atoms with E-state index in [0.717, 1.165) is 22.6 Å². The summed E-state index contributed by atoms with van der Waals surface area (Å²) in [4.78, 5) is 32.3. The number of nitrogens with zero attached hydrogens (tertiary/aromatic N) is 2. The standard InChI is InChI=1S/C29H24N4O3/c1-33-25-15-9-8-14-24(25)26(20-10-4-2-5-11-20)31-27(28(33)34)32-29(35)30-21-16-18-23(19-17-21)36-22-12-6-3-7-13-22/h2-19,27H,1H3,(H2,30,32,35)/t27-/m1/s1. The molecule has 0 unspecified atom stereocenters. The molecule has 0 saturated heterocycles. The van der Waals surface area contributed by atoms with Crippen LogP contribution in [0.3, 0.4) is 0 Å². The minimum atomic E-state index is -1.10. The first-order valence-electron chi connectivity index (χ1n) is 11.5. The molecule has 4 aromatic rings. The lowest BCUT2D eigenvalue weighted by Gasteiger charge is -2.21. The Bertz CT molecular complexity index is 1400. The highest BCUT2D eigenvalue weighted by Gasteiger charge is 2.30. The van der Waals surface area contributed by atoms with Crippen LogP contribution in [0.25, 0.3) is 0 Å². The van der Waals surface area contributed by atoms with Gasteiger partial charge in [-0.15, -0.1) is 0 Å². The Balaban J connectivity index is 1.34. The summed E-state index contributed by atoms with van der Waals surface area (Å²) in [5.74, 6) is 1.03. The van der Waals surface area contributed by atoms with Crippen molar-refractivity contribution in [3.63, 3.8) is 0 Å². The van der Waals surface area contributed by atoms with Crippen LogP contribution in [-0.4, -0.2) is 30.9 Å². The van der Waals surface area contributed by atoms with Crippen molar-refractivity contribution in [1.82, 2.24) is 5.32 Å². The van der Waals surface area contributed by atoms with E-state index in [1.165, 1.54) is 4.90 Å². The normalized spacial score (nSPS) is 14.8. The Kier molecular flexibility index (Phi) is 6.44. The van der Waals surface area contributed by atoms with Gasteiger partial charge in [-0.25, -0.2) is 9.79 Å². The predicted molar refractivity (Wildman–Crippen MR) is 141 cm³/mol. The highest BCUT2D eigenvalue weighted by atomic mass is 16.5. The first kappa shape index (κ1) is 22.9. The van der Waals surface area contributed by atoms with Crippen LogP contribution in [0.1, 0.15) is 11.1 Å². The molecule has 1 heterocycles. The van der Waals surface area contributed by atoms with E-state index in [9.17, 15) is 9.59 Å². The monoisotopic (exact) mass is 476 g/mol. The maximum atomic E-state index is 13.3. The topological polar surface area (TPSA) is 83.0 Å². The van der Waals surface area contributed by atoms with E-state index in [0.29, 0.717) is 17.1 Å². The van der Waals surface area contributed by atoms with Gasteiger partial charge < -0.3 is 20.3 Å². The van der Waals surface area contributed by atoms with Gasteiger partial charge in [-0.05, 0) is 42.5 Å². The lowest BCUT2D eigenvalue weighted by molar-refractivity contribution is -0.119. The lowest BCUT2D eigenvalue weighted by Crippen LogP contribution is -2.47. The SMILES string of the molecule is CN1C(=O)[C@@H](NC(=O)Nc2ccc(Oc3ccccc3)cc2)N=C(c2ccccc2)c2ccccc21.